The standard InChI is InChI=1S/C23H22ClF3N6O/c1-13(2)14-5-7-15(8-6-14)17-9-20(23(25,26)27)33-21(29-17)10-18(30-33)22(34)31(3)12-19-16(24)11-28-32(19)4/h5-11,13H,12H2,1-4H3. The van der Waals surface area contributed by atoms with Gasteiger partial charge in [0.05, 0.1) is 29.2 Å². The van der Waals surface area contributed by atoms with Gasteiger partial charge in [0, 0.05) is 25.7 Å². The zero-order valence-electron chi connectivity index (χ0n) is 18.9. The second kappa shape index (κ2) is 8.75. The summed E-state index contributed by atoms with van der Waals surface area (Å²) in [5, 5.41) is 8.33. The van der Waals surface area contributed by atoms with Crippen LogP contribution in [0.15, 0.2) is 42.6 Å². The number of nitrogens with zero attached hydrogens (tertiary/aromatic N) is 6. The number of hydrogen-bond donors (Lipinski definition) is 0. The quantitative estimate of drug-likeness (QED) is 0.386. The zero-order chi connectivity index (χ0) is 24.8. The van der Waals surface area contributed by atoms with Crippen LogP contribution in [0.1, 0.15) is 47.2 Å². The number of benzene rings is 1. The van der Waals surface area contributed by atoms with E-state index in [1.807, 2.05) is 26.0 Å². The van der Waals surface area contributed by atoms with Crippen LogP contribution >= 0.6 is 11.6 Å². The van der Waals surface area contributed by atoms with Crippen molar-refractivity contribution in [1.29, 1.82) is 0 Å². The summed E-state index contributed by atoms with van der Waals surface area (Å²) >= 11 is 6.10. The molecular formula is C23H22ClF3N6O. The summed E-state index contributed by atoms with van der Waals surface area (Å²) in [5.74, 6) is -0.282. The van der Waals surface area contributed by atoms with E-state index < -0.39 is 17.8 Å². The Morgan fingerprint density at radius 2 is 1.85 bits per heavy atom. The maximum absolute atomic E-state index is 13.9. The molecule has 7 nitrogen and oxygen atoms in total. The molecule has 0 spiro atoms. The second-order valence-corrected chi connectivity index (χ2v) is 8.73. The van der Waals surface area contributed by atoms with Gasteiger partial charge in [0.15, 0.2) is 17.0 Å². The average Bonchev–Trinajstić information content (AvgIpc) is 3.35. The number of halogens is 4. The SMILES string of the molecule is CC(C)c1ccc(-c2cc(C(F)(F)F)n3nc(C(=O)N(C)Cc4c(Cl)cnn4C)cc3n2)cc1. The van der Waals surface area contributed by atoms with Crippen molar-refractivity contribution < 1.29 is 18.0 Å². The van der Waals surface area contributed by atoms with Crippen molar-refractivity contribution in [3.63, 3.8) is 0 Å². The Kier molecular flexibility index (Phi) is 6.11. The summed E-state index contributed by atoms with van der Waals surface area (Å²) in [6.07, 6.45) is -3.25. The fourth-order valence-corrected chi connectivity index (χ4v) is 3.80. The lowest BCUT2D eigenvalue weighted by atomic mass is 10.0. The van der Waals surface area contributed by atoms with Crippen molar-refractivity contribution in [2.75, 3.05) is 7.05 Å². The third-order valence-corrected chi connectivity index (χ3v) is 5.87. The molecule has 4 aromatic rings. The molecule has 3 aromatic heterocycles. The van der Waals surface area contributed by atoms with Crippen LogP contribution in [-0.4, -0.2) is 42.2 Å². The van der Waals surface area contributed by atoms with E-state index in [1.54, 1.807) is 19.2 Å². The Morgan fingerprint density at radius 1 is 1.18 bits per heavy atom. The molecule has 11 heteroatoms. The Morgan fingerprint density at radius 3 is 2.41 bits per heavy atom. The van der Waals surface area contributed by atoms with Crippen molar-refractivity contribution >= 4 is 23.2 Å². The molecule has 0 atom stereocenters. The summed E-state index contributed by atoms with van der Waals surface area (Å²) in [6.45, 7) is 4.17. The van der Waals surface area contributed by atoms with Crippen molar-refractivity contribution in [1.82, 2.24) is 29.3 Å². The summed E-state index contributed by atoms with van der Waals surface area (Å²) in [4.78, 5) is 18.6. The van der Waals surface area contributed by atoms with Gasteiger partial charge in [-0.15, -0.1) is 0 Å². The van der Waals surface area contributed by atoms with Gasteiger partial charge < -0.3 is 4.90 Å². The number of amides is 1. The number of aromatic nitrogens is 5. The molecular weight excluding hydrogens is 469 g/mol. The lowest BCUT2D eigenvalue weighted by molar-refractivity contribution is -0.142. The third kappa shape index (κ3) is 4.50. The minimum absolute atomic E-state index is 0.0759. The first kappa shape index (κ1) is 23.7. The molecule has 0 unspecified atom stereocenters. The third-order valence-electron chi connectivity index (χ3n) is 5.55. The first-order valence-electron chi connectivity index (χ1n) is 10.5. The van der Waals surface area contributed by atoms with Crippen molar-refractivity contribution in [3.05, 3.63) is 70.3 Å². The number of carbonyl (C=O) groups excluding carboxylic acids is 1. The molecule has 0 saturated carbocycles. The highest BCUT2D eigenvalue weighted by atomic mass is 35.5. The number of fused-ring (bicyclic) bond motifs is 1. The van der Waals surface area contributed by atoms with Crippen LogP contribution in [0.25, 0.3) is 16.9 Å². The predicted octanol–water partition coefficient (Wildman–Crippen LogP) is 5.20. The van der Waals surface area contributed by atoms with Crippen LogP contribution in [0.2, 0.25) is 5.02 Å². The smallest absolute Gasteiger partial charge is 0.334 e. The van der Waals surface area contributed by atoms with Crippen LogP contribution in [0.4, 0.5) is 13.2 Å². The molecule has 4 rings (SSSR count). The van der Waals surface area contributed by atoms with Crippen molar-refractivity contribution in [2.24, 2.45) is 7.05 Å². The van der Waals surface area contributed by atoms with Gasteiger partial charge in [0.1, 0.15) is 0 Å². The number of hydrogen-bond acceptors (Lipinski definition) is 4. The summed E-state index contributed by atoms with van der Waals surface area (Å²) < 4.78 is 43.8. The van der Waals surface area contributed by atoms with E-state index in [-0.39, 0.29) is 29.5 Å². The molecule has 0 saturated heterocycles. The highest BCUT2D eigenvalue weighted by Gasteiger charge is 2.36. The molecule has 0 radical (unpaired) electrons. The molecule has 0 bridgehead atoms. The fourth-order valence-electron chi connectivity index (χ4n) is 3.57. The molecule has 1 aromatic carbocycles. The van der Waals surface area contributed by atoms with Crippen LogP contribution in [0, 0.1) is 0 Å². The van der Waals surface area contributed by atoms with Gasteiger partial charge in [-0.05, 0) is 17.5 Å². The minimum Gasteiger partial charge on any atom is -0.334 e. The van der Waals surface area contributed by atoms with Crippen LogP contribution in [0.3, 0.4) is 0 Å². The largest absolute Gasteiger partial charge is 0.433 e. The van der Waals surface area contributed by atoms with E-state index >= 15 is 0 Å². The van der Waals surface area contributed by atoms with Gasteiger partial charge >= 0.3 is 6.18 Å². The first-order chi connectivity index (χ1) is 16.0. The van der Waals surface area contributed by atoms with Crippen molar-refractivity contribution in [2.45, 2.75) is 32.5 Å². The Labute approximate surface area is 198 Å². The molecule has 0 aliphatic carbocycles. The lowest BCUT2D eigenvalue weighted by Crippen LogP contribution is -2.28. The van der Waals surface area contributed by atoms with E-state index in [9.17, 15) is 18.0 Å². The predicted molar refractivity (Wildman–Crippen MR) is 122 cm³/mol. The Balaban J connectivity index is 1.74. The average molecular weight is 491 g/mol. The van der Waals surface area contributed by atoms with Gasteiger partial charge in [0.25, 0.3) is 5.91 Å². The van der Waals surface area contributed by atoms with E-state index in [4.69, 9.17) is 11.6 Å². The monoisotopic (exact) mass is 490 g/mol. The number of aryl methyl sites for hydroxylation is 1. The highest BCUT2D eigenvalue weighted by Crippen LogP contribution is 2.33. The summed E-state index contributed by atoms with van der Waals surface area (Å²) in [6, 6.07) is 9.40. The molecule has 0 N–H and O–H groups in total. The van der Waals surface area contributed by atoms with Crippen molar-refractivity contribution in [3.8, 4) is 11.3 Å². The second-order valence-electron chi connectivity index (χ2n) is 8.32. The Hall–Kier alpha value is -3.40. The number of carbonyl (C=O) groups is 1. The number of alkyl halides is 3. The lowest BCUT2D eigenvalue weighted by Gasteiger charge is -2.16. The molecule has 0 aliphatic heterocycles. The normalized spacial score (nSPS) is 12.0. The Bertz CT molecular complexity index is 1340. The van der Waals surface area contributed by atoms with Crippen LogP contribution < -0.4 is 0 Å². The zero-order valence-corrected chi connectivity index (χ0v) is 19.7. The maximum atomic E-state index is 13.9. The fraction of sp³-hybridized carbons (Fsp3) is 0.304. The van der Waals surface area contributed by atoms with Gasteiger partial charge in [-0.25, -0.2) is 9.50 Å². The summed E-state index contributed by atoms with van der Waals surface area (Å²) in [7, 11) is 3.19. The minimum atomic E-state index is -4.70. The van der Waals surface area contributed by atoms with E-state index in [0.717, 1.165) is 11.6 Å². The van der Waals surface area contributed by atoms with Gasteiger partial charge in [-0.1, -0.05) is 49.7 Å². The molecule has 178 valence electrons. The van der Waals surface area contributed by atoms with E-state index in [0.29, 0.717) is 20.8 Å². The molecule has 0 aliphatic rings. The maximum Gasteiger partial charge on any atom is 0.433 e. The molecule has 3 heterocycles. The topological polar surface area (TPSA) is 68.3 Å². The first-order valence-corrected chi connectivity index (χ1v) is 10.8. The van der Waals surface area contributed by atoms with E-state index in [2.05, 4.69) is 15.2 Å². The number of rotatable bonds is 5. The van der Waals surface area contributed by atoms with Gasteiger partial charge in [-0.3, -0.25) is 9.48 Å². The van der Waals surface area contributed by atoms with Gasteiger partial charge in [-0.2, -0.15) is 23.4 Å². The summed E-state index contributed by atoms with van der Waals surface area (Å²) in [5.41, 5.74) is 1.08. The van der Waals surface area contributed by atoms with Gasteiger partial charge in [0.2, 0.25) is 0 Å². The van der Waals surface area contributed by atoms with Crippen LogP contribution in [-0.2, 0) is 19.8 Å². The highest BCUT2D eigenvalue weighted by molar-refractivity contribution is 6.31. The van der Waals surface area contributed by atoms with Crippen LogP contribution in [0.5, 0.6) is 0 Å². The molecule has 34 heavy (non-hydrogen) atoms. The van der Waals surface area contributed by atoms with E-state index in [1.165, 1.54) is 28.9 Å². The molecule has 0 fully saturated rings. The molecule has 1 amide bonds.